The first-order valence-electron chi connectivity index (χ1n) is 9.65. The van der Waals surface area contributed by atoms with Gasteiger partial charge in [0.1, 0.15) is 17.2 Å². The van der Waals surface area contributed by atoms with Gasteiger partial charge in [-0.05, 0) is 61.0 Å². The molecule has 1 aromatic heterocycles. The average molecular weight is 451 g/mol. The van der Waals surface area contributed by atoms with Crippen LogP contribution in [0.15, 0.2) is 70.4 Å². The number of esters is 1. The molecule has 0 saturated heterocycles. The first-order chi connectivity index (χ1) is 15.9. The molecule has 10 heteroatoms. The van der Waals surface area contributed by atoms with Crippen molar-refractivity contribution >= 4 is 29.2 Å². The van der Waals surface area contributed by atoms with Crippen LogP contribution in [-0.4, -0.2) is 37.7 Å². The topological polar surface area (TPSA) is 128 Å². The van der Waals surface area contributed by atoms with Crippen molar-refractivity contribution < 1.29 is 33.0 Å². The van der Waals surface area contributed by atoms with E-state index in [1.807, 2.05) is 0 Å². The summed E-state index contributed by atoms with van der Waals surface area (Å²) < 4.78 is 20.5. The van der Waals surface area contributed by atoms with Crippen LogP contribution in [0.5, 0.6) is 17.2 Å². The summed E-state index contributed by atoms with van der Waals surface area (Å²) in [7, 11) is 2.93. The number of carbonyl (C=O) groups excluding carboxylic acids is 3. The quantitative estimate of drug-likeness (QED) is 0.186. The van der Waals surface area contributed by atoms with Crippen molar-refractivity contribution in [1.82, 2.24) is 5.43 Å². The van der Waals surface area contributed by atoms with Crippen molar-refractivity contribution in [2.75, 3.05) is 19.5 Å². The minimum Gasteiger partial charge on any atom is -0.497 e. The second-order valence-electron chi connectivity index (χ2n) is 6.55. The summed E-state index contributed by atoms with van der Waals surface area (Å²) in [6.45, 7) is 1.65. The predicted molar refractivity (Wildman–Crippen MR) is 119 cm³/mol. The van der Waals surface area contributed by atoms with Crippen molar-refractivity contribution in [2.45, 2.75) is 6.92 Å². The molecule has 2 aromatic carbocycles. The zero-order valence-corrected chi connectivity index (χ0v) is 18.1. The summed E-state index contributed by atoms with van der Waals surface area (Å²) >= 11 is 0. The van der Waals surface area contributed by atoms with E-state index in [1.165, 1.54) is 26.5 Å². The highest BCUT2D eigenvalue weighted by atomic mass is 16.5. The van der Waals surface area contributed by atoms with Crippen molar-refractivity contribution in [3.8, 4) is 17.2 Å². The van der Waals surface area contributed by atoms with Crippen molar-refractivity contribution in [2.24, 2.45) is 5.10 Å². The molecule has 0 unspecified atom stereocenters. The van der Waals surface area contributed by atoms with E-state index in [-0.39, 0.29) is 5.76 Å². The van der Waals surface area contributed by atoms with Crippen LogP contribution < -0.4 is 25.0 Å². The predicted octanol–water partition coefficient (Wildman–Crippen LogP) is 2.99. The number of methoxy groups -OCH3 is 2. The fraction of sp³-hybridized carbons (Fsp3) is 0.130. The lowest BCUT2D eigenvalue weighted by Gasteiger charge is -2.11. The van der Waals surface area contributed by atoms with Crippen molar-refractivity contribution in [1.29, 1.82) is 0 Å². The number of hydrogen-bond acceptors (Lipinski definition) is 8. The molecular weight excluding hydrogens is 430 g/mol. The van der Waals surface area contributed by atoms with Gasteiger partial charge >= 0.3 is 17.8 Å². The molecule has 2 amide bonds. The zero-order chi connectivity index (χ0) is 23.8. The van der Waals surface area contributed by atoms with E-state index in [9.17, 15) is 14.4 Å². The second-order valence-corrected chi connectivity index (χ2v) is 6.55. The molecule has 0 atom stereocenters. The Morgan fingerprint density at radius 1 is 0.909 bits per heavy atom. The van der Waals surface area contributed by atoms with Crippen molar-refractivity contribution in [3.05, 3.63) is 72.2 Å². The molecule has 10 nitrogen and oxygen atoms in total. The maximum atomic E-state index is 12.2. The number of rotatable bonds is 7. The molecular formula is C23H21N3O7. The number of hydrogen-bond donors (Lipinski definition) is 2. The molecule has 2 N–H and O–H groups in total. The van der Waals surface area contributed by atoms with Gasteiger partial charge in [0, 0.05) is 6.07 Å². The highest BCUT2D eigenvalue weighted by Gasteiger charge is 2.16. The van der Waals surface area contributed by atoms with Crippen LogP contribution in [0.25, 0.3) is 0 Å². The molecule has 0 bridgehead atoms. The Morgan fingerprint density at radius 3 is 2.27 bits per heavy atom. The average Bonchev–Trinajstić information content (AvgIpc) is 3.38. The molecule has 170 valence electrons. The van der Waals surface area contributed by atoms with Gasteiger partial charge in [-0.2, -0.15) is 5.10 Å². The fourth-order valence-corrected chi connectivity index (χ4v) is 2.65. The largest absolute Gasteiger partial charge is 0.497 e. The monoisotopic (exact) mass is 451 g/mol. The van der Waals surface area contributed by atoms with E-state index in [1.54, 1.807) is 55.5 Å². The molecule has 0 spiro atoms. The van der Waals surface area contributed by atoms with Crippen LogP contribution in [0.2, 0.25) is 0 Å². The molecule has 3 rings (SSSR count). The number of carbonyl (C=O) groups is 3. The Bertz CT molecular complexity index is 1170. The lowest BCUT2D eigenvalue weighted by molar-refractivity contribution is -0.136. The first-order valence-corrected chi connectivity index (χ1v) is 9.65. The van der Waals surface area contributed by atoms with Crippen LogP contribution in [0.3, 0.4) is 0 Å². The minimum absolute atomic E-state index is 0.0880. The van der Waals surface area contributed by atoms with Gasteiger partial charge in [0.15, 0.2) is 0 Å². The van der Waals surface area contributed by atoms with Gasteiger partial charge in [-0.25, -0.2) is 10.2 Å². The fourth-order valence-electron chi connectivity index (χ4n) is 2.65. The molecule has 0 saturated carbocycles. The SMILES string of the molecule is COc1ccc(NC(=O)C(=O)N/N=C(\C)c2ccc(OC(=O)c3ccco3)cc2)c(OC)c1. The summed E-state index contributed by atoms with van der Waals surface area (Å²) in [5.74, 6) is -1.23. The van der Waals surface area contributed by atoms with Gasteiger partial charge in [0.05, 0.1) is 31.9 Å². The van der Waals surface area contributed by atoms with E-state index < -0.39 is 17.8 Å². The van der Waals surface area contributed by atoms with Crippen molar-refractivity contribution in [3.63, 3.8) is 0 Å². The van der Waals surface area contributed by atoms with Crippen LogP contribution in [0.4, 0.5) is 5.69 Å². The lowest BCUT2D eigenvalue weighted by atomic mass is 10.1. The number of nitrogens with one attached hydrogen (secondary N) is 2. The van der Waals surface area contributed by atoms with Gasteiger partial charge in [-0.3, -0.25) is 9.59 Å². The van der Waals surface area contributed by atoms with Gasteiger partial charge < -0.3 is 23.9 Å². The second kappa shape index (κ2) is 10.6. The van der Waals surface area contributed by atoms with Crippen LogP contribution in [0.1, 0.15) is 23.0 Å². The maximum Gasteiger partial charge on any atom is 0.379 e. The molecule has 33 heavy (non-hydrogen) atoms. The molecule has 0 aliphatic heterocycles. The highest BCUT2D eigenvalue weighted by molar-refractivity contribution is 6.39. The van der Waals surface area contributed by atoms with Crippen LogP contribution >= 0.6 is 0 Å². The maximum absolute atomic E-state index is 12.2. The Balaban J connectivity index is 1.58. The summed E-state index contributed by atoms with van der Waals surface area (Å²) in [5, 5.41) is 6.40. The van der Waals surface area contributed by atoms with Gasteiger partial charge in [-0.15, -0.1) is 0 Å². The van der Waals surface area contributed by atoms with E-state index in [2.05, 4.69) is 15.8 Å². The smallest absolute Gasteiger partial charge is 0.379 e. The molecule has 0 fully saturated rings. The third-order valence-electron chi connectivity index (χ3n) is 4.39. The number of benzene rings is 2. The van der Waals surface area contributed by atoms with E-state index in [0.717, 1.165) is 0 Å². The molecule has 1 heterocycles. The normalized spacial score (nSPS) is 10.8. The Morgan fingerprint density at radius 2 is 1.64 bits per heavy atom. The number of hydrazone groups is 1. The first kappa shape index (κ1) is 23.1. The van der Waals surface area contributed by atoms with Gasteiger partial charge in [0.2, 0.25) is 5.76 Å². The van der Waals surface area contributed by atoms with E-state index in [4.69, 9.17) is 18.6 Å². The molecule has 0 aliphatic rings. The zero-order valence-electron chi connectivity index (χ0n) is 18.1. The van der Waals surface area contributed by atoms with Crippen LogP contribution in [-0.2, 0) is 9.59 Å². The number of nitrogens with zero attached hydrogens (tertiary/aromatic N) is 1. The Kier molecular flexibility index (Phi) is 7.43. The molecule has 0 aliphatic carbocycles. The summed E-state index contributed by atoms with van der Waals surface area (Å²) in [6.07, 6.45) is 1.38. The summed E-state index contributed by atoms with van der Waals surface area (Å²) in [6, 6.07) is 14.3. The standard InChI is InChI=1S/C23H21N3O7/c1-14(15-6-8-16(9-7-15)33-23(29)19-5-4-12-32-19)25-26-22(28)21(27)24-18-11-10-17(30-2)13-20(18)31-3/h4-13H,1-3H3,(H,24,27)(H,26,28)/b25-14+. The molecule has 3 aromatic rings. The Labute approximate surface area is 189 Å². The number of furan rings is 1. The van der Waals surface area contributed by atoms with E-state index in [0.29, 0.717) is 34.2 Å². The minimum atomic E-state index is -0.962. The number of anilines is 1. The summed E-state index contributed by atoms with van der Waals surface area (Å²) in [4.78, 5) is 36.2. The number of ether oxygens (including phenoxy) is 3. The molecule has 0 radical (unpaired) electrons. The lowest BCUT2D eigenvalue weighted by Crippen LogP contribution is -2.33. The van der Waals surface area contributed by atoms with Gasteiger partial charge in [-0.1, -0.05) is 0 Å². The van der Waals surface area contributed by atoms with Gasteiger partial charge in [0.25, 0.3) is 0 Å². The summed E-state index contributed by atoms with van der Waals surface area (Å²) in [5.41, 5.74) is 3.58. The Hall–Kier alpha value is -4.60. The highest BCUT2D eigenvalue weighted by Crippen LogP contribution is 2.28. The third-order valence-corrected chi connectivity index (χ3v) is 4.39. The third kappa shape index (κ3) is 5.97. The van der Waals surface area contributed by atoms with Crippen LogP contribution in [0, 0.1) is 0 Å². The number of amides is 2. The van der Waals surface area contributed by atoms with E-state index >= 15 is 0 Å².